The maximum atomic E-state index is 12.9. The first-order chi connectivity index (χ1) is 10.1. The molecule has 4 heteroatoms. The van der Waals surface area contributed by atoms with Gasteiger partial charge in [-0.3, -0.25) is 0 Å². The first-order valence-electron chi connectivity index (χ1n) is 7.31. The zero-order valence-corrected chi connectivity index (χ0v) is 14.6. The van der Waals surface area contributed by atoms with Crippen molar-refractivity contribution >= 4 is 10.0 Å². The quantitative estimate of drug-likeness (QED) is 0.931. The Kier molecular flexibility index (Phi) is 4.45. The third-order valence-electron chi connectivity index (χ3n) is 3.76. The monoisotopic (exact) mass is 317 g/mol. The highest BCUT2D eigenvalue weighted by atomic mass is 32.2. The molecule has 0 unspecified atom stereocenters. The van der Waals surface area contributed by atoms with E-state index in [0.717, 1.165) is 22.3 Å². The second-order valence-corrected chi connectivity index (χ2v) is 7.94. The molecular formula is C18H23NO2S. The molecule has 0 spiro atoms. The maximum Gasteiger partial charge on any atom is 0.241 e. The predicted molar refractivity (Wildman–Crippen MR) is 90.4 cm³/mol. The largest absolute Gasteiger partial charge is 0.241 e. The summed E-state index contributed by atoms with van der Waals surface area (Å²) >= 11 is 0. The molecule has 2 rings (SSSR count). The Labute approximate surface area is 133 Å². The molecule has 2 aromatic carbocycles. The van der Waals surface area contributed by atoms with Crippen LogP contribution in [0.2, 0.25) is 0 Å². The lowest BCUT2D eigenvalue weighted by Gasteiger charge is -2.27. The average molecular weight is 317 g/mol. The zero-order chi connectivity index (χ0) is 16.5. The van der Waals surface area contributed by atoms with Gasteiger partial charge < -0.3 is 0 Å². The van der Waals surface area contributed by atoms with Crippen LogP contribution in [0.25, 0.3) is 0 Å². The number of hydrogen-bond acceptors (Lipinski definition) is 2. The number of aryl methyl sites for hydroxylation is 3. The number of nitrogens with one attached hydrogen (secondary N) is 1. The standard InChI is InChI=1S/C18H23NO2S/c1-13-11-14(2)17(15(3)12-13)22(20,21)19-18(4,5)16-9-7-6-8-10-16/h6-12,19H,1-5H3. The molecule has 3 nitrogen and oxygen atoms in total. The summed E-state index contributed by atoms with van der Waals surface area (Å²) in [4.78, 5) is 0.377. The van der Waals surface area contributed by atoms with Crippen LogP contribution >= 0.6 is 0 Å². The summed E-state index contributed by atoms with van der Waals surface area (Å²) in [5.74, 6) is 0. The highest BCUT2D eigenvalue weighted by Crippen LogP contribution is 2.26. The molecule has 0 aliphatic rings. The highest BCUT2D eigenvalue weighted by molar-refractivity contribution is 7.89. The van der Waals surface area contributed by atoms with Gasteiger partial charge in [0.1, 0.15) is 0 Å². The molecule has 22 heavy (non-hydrogen) atoms. The van der Waals surface area contributed by atoms with Crippen molar-refractivity contribution in [1.82, 2.24) is 4.72 Å². The number of benzene rings is 2. The molecule has 0 radical (unpaired) electrons. The summed E-state index contributed by atoms with van der Waals surface area (Å²) in [6.07, 6.45) is 0. The van der Waals surface area contributed by atoms with Crippen LogP contribution in [0.4, 0.5) is 0 Å². The van der Waals surface area contributed by atoms with Crippen LogP contribution in [0.15, 0.2) is 47.4 Å². The van der Waals surface area contributed by atoms with Crippen molar-refractivity contribution in [3.8, 4) is 0 Å². The SMILES string of the molecule is Cc1cc(C)c(S(=O)(=O)NC(C)(C)c2ccccc2)c(C)c1. The molecular weight excluding hydrogens is 294 g/mol. The maximum absolute atomic E-state index is 12.9. The van der Waals surface area contributed by atoms with Crippen molar-refractivity contribution in [2.75, 3.05) is 0 Å². The molecule has 0 amide bonds. The van der Waals surface area contributed by atoms with Gasteiger partial charge >= 0.3 is 0 Å². The molecule has 0 aromatic heterocycles. The third-order valence-corrected chi connectivity index (χ3v) is 5.72. The van der Waals surface area contributed by atoms with E-state index in [1.807, 2.05) is 77.1 Å². The van der Waals surface area contributed by atoms with Gasteiger partial charge in [0.2, 0.25) is 10.0 Å². The highest BCUT2D eigenvalue weighted by Gasteiger charge is 2.29. The second-order valence-electron chi connectivity index (χ2n) is 6.32. The van der Waals surface area contributed by atoms with E-state index in [-0.39, 0.29) is 0 Å². The molecule has 0 saturated heterocycles. The van der Waals surface area contributed by atoms with Gasteiger partial charge in [-0.1, -0.05) is 48.0 Å². The normalized spacial score (nSPS) is 12.4. The van der Waals surface area contributed by atoms with Crippen LogP contribution in [0.1, 0.15) is 36.1 Å². The van der Waals surface area contributed by atoms with Crippen molar-refractivity contribution in [3.05, 3.63) is 64.7 Å². The first-order valence-corrected chi connectivity index (χ1v) is 8.79. The Hall–Kier alpha value is -1.65. The fraction of sp³-hybridized carbons (Fsp3) is 0.333. The van der Waals surface area contributed by atoms with E-state index >= 15 is 0 Å². The molecule has 118 valence electrons. The van der Waals surface area contributed by atoms with Gasteiger partial charge in [0, 0.05) is 0 Å². The van der Waals surface area contributed by atoms with Crippen molar-refractivity contribution in [2.45, 2.75) is 45.1 Å². The molecule has 0 aliphatic heterocycles. The lowest BCUT2D eigenvalue weighted by molar-refractivity contribution is 0.471. The minimum Gasteiger partial charge on any atom is -0.207 e. The zero-order valence-electron chi connectivity index (χ0n) is 13.8. The predicted octanol–water partition coefficient (Wildman–Crippen LogP) is 3.83. The summed E-state index contributed by atoms with van der Waals surface area (Å²) in [6.45, 7) is 9.39. The van der Waals surface area contributed by atoms with Crippen molar-refractivity contribution in [3.63, 3.8) is 0 Å². The van der Waals surface area contributed by atoms with Crippen LogP contribution in [0.5, 0.6) is 0 Å². The molecule has 0 atom stereocenters. The van der Waals surface area contributed by atoms with E-state index in [0.29, 0.717) is 4.90 Å². The van der Waals surface area contributed by atoms with E-state index in [1.54, 1.807) is 0 Å². The van der Waals surface area contributed by atoms with Gasteiger partial charge in [-0.25, -0.2) is 13.1 Å². The molecule has 0 bridgehead atoms. The van der Waals surface area contributed by atoms with Gasteiger partial charge in [0.15, 0.2) is 0 Å². The minimum atomic E-state index is -3.59. The van der Waals surface area contributed by atoms with Gasteiger partial charge in [-0.15, -0.1) is 0 Å². The van der Waals surface area contributed by atoms with Crippen LogP contribution in [-0.2, 0) is 15.6 Å². The fourth-order valence-electron chi connectivity index (χ4n) is 2.89. The molecule has 0 fully saturated rings. The number of hydrogen-bond donors (Lipinski definition) is 1. The van der Waals surface area contributed by atoms with Gasteiger partial charge in [-0.2, -0.15) is 0 Å². The summed E-state index contributed by atoms with van der Waals surface area (Å²) in [5, 5.41) is 0. The van der Waals surface area contributed by atoms with Crippen molar-refractivity contribution < 1.29 is 8.42 Å². The average Bonchev–Trinajstić information content (AvgIpc) is 2.36. The van der Waals surface area contributed by atoms with E-state index in [1.165, 1.54) is 0 Å². The number of sulfonamides is 1. The topological polar surface area (TPSA) is 46.2 Å². The Morgan fingerprint density at radius 3 is 1.91 bits per heavy atom. The lowest BCUT2D eigenvalue weighted by Crippen LogP contribution is -2.41. The first kappa shape index (κ1) is 16.7. The molecule has 0 saturated carbocycles. The minimum absolute atomic E-state index is 0.377. The van der Waals surface area contributed by atoms with E-state index in [4.69, 9.17) is 0 Å². The summed E-state index contributed by atoms with van der Waals surface area (Å²) in [5.41, 5.74) is 2.86. The van der Waals surface area contributed by atoms with E-state index in [9.17, 15) is 8.42 Å². The third kappa shape index (κ3) is 3.39. The Bertz CT molecular complexity index is 755. The lowest BCUT2D eigenvalue weighted by atomic mass is 9.96. The summed E-state index contributed by atoms with van der Waals surface area (Å²) in [7, 11) is -3.59. The summed E-state index contributed by atoms with van der Waals surface area (Å²) in [6, 6.07) is 13.4. The van der Waals surface area contributed by atoms with Gasteiger partial charge in [0.25, 0.3) is 0 Å². The Morgan fingerprint density at radius 1 is 0.909 bits per heavy atom. The smallest absolute Gasteiger partial charge is 0.207 e. The molecule has 0 aliphatic carbocycles. The molecule has 1 N–H and O–H groups in total. The second kappa shape index (κ2) is 5.86. The van der Waals surface area contributed by atoms with Crippen molar-refractivity contribution in [2.24, 2.45) is 0 Å². The van der Waals surface area contributed by atoms with Crippen LogP contribution in [0, 0.1) is 20.8 Å². The molecule has 2 aromatic rings. The summed E-state index contributed by atoms with van der Waals surface area (Å²) < 4.78 is 28.6. The van der Waals surface area contributed by atoms with Gasteiger partial charge in [-0.05, 0) is 51.3 Å². The van der Waals surface area contributed by atoms with Crippen LogP contribution in [-0.4, -0.2) is 8.42 Å². The Morgan fingerprint density at radius 2 is 1.41 bits per heavy atom. The van der Waals surface area contributed by atoms with E-state index in [2.05, 4.69) is 4.72 Å². The van der Waals surface area contributed by atoms with Gasteiger partial charge in [0.05, 0.1) is 10.4 Å². The number of rotatable bonds is 4. The van der Waals surface area contributed by atoms with Crippen LogP contribution in [0.3, 0.4) is 0 Å². The molecule has 0 heterocycles. The van der Waals surface area contributed by atoms with E-state index < -0.39 is 15.6 Å². The van der Waals surface area contributed by atoms with Crippen molar-refractivity contribution in [1.29, 1.82) is 0 Å². The Balaban J connectivity index is 2.45. The van der Waals surface area contributed by atoms with Crippen LogP contribution < -0.4 is 4.72 Å². The fourth-order valence-corrected chi connectivity index (χ4v) is 4.75.